The normalized spacial score (nSPS) is 18.4. The molecule has 1 heterocycles. The van der Waals surface area contributed by atoms with Crippen molar-refractivity contribution in [2.24, 2.45) is 0 Å². The van der Waals surface area contributed by atoms with E-state index in [4.69, 9.17) is 0 Å². The lowest BCUT2D eigenvalue weighted by Gasteiger charge is -2.30. The monoisotopic (exact) mass is 304 g/mol. The molecule has 0 spiro atoms. The van der Waals surface area contributed by atoms with Crippen molar-refractivity contribution in [2.75, 3.05) is 19.3 Å². The number of sulfonamides is 1. The van der Waals surface area contributed by atoms with Gasteiger partial charge in [0.15, 0.2) is 0 Å². The molecule has 20 heavy (non-hydrogen) atoms. The van der Waals surface area contributed by atoms with Gasteiger partial charge in [-0.15, -0.1) is 0 Å². The molecule has 1 fully saturated rings. The van der Waals surface area contributed by atoms with E-state index in [0.717, 1.165) is 6.07 Å². The predicted octanol–water partition coefficient (Wildman–Crippen LogP) is 1.48. The smallest absolute Gasteiger partial charge is 0.211 e. The number of nitrogens with zero attached hydrogens (tertiary/aromatic N) is 1. The standard InChI is InChI=1S/C13H18F2N2O2S/c1-20(18,19)17-4-2-13(3-5-17)16-9-10-6-11(14)8-12(15)7-10/h6-8,13,16H,2-5,9H2,1H3. The first-order valence-electron chi connectivity index (χ1n) is 6.48. The average Bonchev–Trinajstić information content (AvgIpc) is 2.35. The molecule has 0 aliphatic carbocycles. The van der Waals surface area contributed by atoms with Crippen LogP contribution in [0, 0.1) is 11.6 Å². The molecule has 0 bridgehead atoms. The minimum absolute atomic E-state index is 0.166. The molecule has 1 saturated heterocycles. The third-order valence-electron chi connectivity index (χ3n) is 3.44. The Balaban J connectivity index is 1.84. The Morgan fingerprint density at radius 2 is 1.75 bits per heavy atom. The number of nitrogens with one attached hydrogen (secondary N) is 1. The summed E-state index contributed by atoms with van der Waals surface area (Å²) >= 11 is 0. The highest BCUT2D eigenvalue weighted by molar-refractivity contribution is 7.88. The largest absolute Gasteiger partial charge is 0.310 e. The zero-order chi connectivity index (χ0) is 14.8. The zero-order valence-corrected chi connectivity index (χ0v) is 12.1. The van der Waals surface area contributed by atoms with Crippen molar-refractivity contribution in [1.82, 2.24) is 9.62 Å². The van der Waals surface area contributed by atoms with Crippen LogP contribution < -0.4 is 5.32 Å². The van der Waals surface area contributed by atoms with Gasteiger partial charge in [0.05, 0.1) is 6.26 Å². The Kier molecular flexibility index (Phi) is 4.72. The highest BCUT2D eigenvalue weighted by Gasteiger charge is 2.24. The van der Waals surface area contributed by atoms with Gasteiger partial charge in [-0.05, 0) is 30.5 Å². The van der Waals surface area contributed by atoms with Crippen LogP contribution in [-0.4, -0.2) is 38.1 Å². The summed E-state index contributed by atoms with van der Waals surface area (Å²) in [5.41, 5.74) is 0.549. The van der Waals surface area contributed by atoms with E-state index in [2.05, 4.69) is 5.32 Å². The number of piperidine rings is 1. The SMILES string of the molecule is CS(=O)(=O)N1CCC(NCc2cc(F)cc(F)c2)CC1. The second-order valence-corrected chi connectivity index (χ2v) is 7.08. The molecule has 0 atom stereocenters. The summed E-state index contributed by atoms with van der Waals surface area (Å²) < 4.78 is 50.3. The number of hydrogen-bond donors (Lipinski definition) is 1. The van der Waals surface area contributed by atoms with Crippen molar-refractivity contribution >= 4 is 10.0 Å². The maximum atomic E-state index is 13.0. The quantitative estimate of drug-likeness (QED) is 0.916. The summed E-state index contributed by atoms with van der Waals surface area (Å²) in [7, 11) is -3.12. The predicted molar refractivity (Wildman–Crippen MR) is 72.6 cm³/mol. The molecule has 1 aromatic carbocycles. The summed E-state index contributed by atoms with van der Waals surface area (Å²) in [4.78, 5) is 0. The van der Waals surface area contributed by atoms with Gasteiger partial charge in [-0.3, -0.25) is 0 Å². The Bertz CT molecular complexity index is 549. The third-order valence-corrected chi connectivity index (χ3v) is 4.74. The van der Waals surface area contributed by atoms with Crippen LogP contribution in [0.3, 0.4) is 0 Å². The first-order chi connectivity index (χ1) is 9.34. The van der Waals surface area contributed by atoms with Gasteiger partial charge < -0.3 is 5.32 Å². The summed E-state index contributed by atoms with van der Waals surface area (Å²) in [6, 6.07) is 3.59. The Morgan fingerprint density at radius 1 is 1.20 bits per heavy atom. The molecule has 0 radical (unpaired) electrons. The maximum absolute atomic E-state index is 13.0. The van der Waals surface area contributed by atoms with Crippen LogP contribution in [0.4, 0.5) is 8.78 Å². The molecule has 0 unspecified atom stereocenters. The van der Waals surface area contributed by atoms with Crippen LogP contribution in [-0.2, 0) is 16.6 Å². The summed E-state index contributed by atoms with van der Waals surface area (Å²) in [5, 5.41) is 3.21. The van der Waals surface area contributed by atoms with Crippen molar-refractivity contribution < 1.29 is 17.2 Å². The van der Waals surface area contributed by atoms with Crippen molar-refractivity contribution in [2.45, 2.75) is 25.4 Å². The molecule has 1 aliphatic heterocycles. The van der Waals surface area contributed by atoms with Crippen LogP contribution in [0.25, 0.3) is 0 Å². The summed E-state index contributed by atoms with van der Waals surface area (Å²) in [5.74, 6) is -1.18. The fourth-order valence-corrected chi connectivity index (χ4v) is 3.24. The second-order valence-electron chi connectivity index (χ2n) is 5.09. The molecule has 1 aromatic rings. The van der Waals surface area contributed by atoms with Crippen molar-refractivity contribution in [3.8, 4) is 0 Å². The van der Waals surface area contributed by atoms with E-state index in [1.807, 2.05) is 0 Å². The maximum Gasteiger partial charge on any atom is 0.211 e. The lowest BCUT2D eigenvalue weighted by atomic mass is 10.1. The lowest BCUT2D eigenvalue weighted by Crippen LogP contribution is -2.44. The molecular weight excluding hydrogens is 286 g/mol. The fourth-order valence-electron chi connectivity index (χ4n) is 2.37. The first-order valence-corrected chi connectivity index (χ1v) is 8.33. The second kappa shape index (κ2) is 6.15. The van der Waals surface area contributed by atoms with E-state index in [1.165, 1.54) is 22.7 Å². The van der Waals surface area contributed by atoms with Gasteiger partial charge in [-0.1, -0.05) is 0 Å². The van der Waals surface area contributed by atoms with Gasteiger partial charge in [0.1, 0.15) is 11.6 Å². The summed E-state index contributed by atoms with van der Waals surface area (Å²) in [6.07, 6.45) is 2.60. The molecule has 1 N–H and O–H groups in total. The molecule has 2 rings (SSSR count). The van der Waals surface area contributed by atoms with E-state index in [-0.39, 0.29) is 6.04 Å². The van der Waals surface area contributed by atoms with Crippen molar-refractivity contribution in [3.05, 3.63) is 35.4 Å². The van der Waals surface area contributed by atoms with Gasteiger partial charge in [0, 0.05) is 31.7 Å². The molecule has 0 amide bonds. The van der Waals surface area contributed by atoms with Crippen LogP contribution in [0.1, 0.15) is 18.4 Å². The van der Waals surface area contributed by atoms with Gasteiger partial charge in [-0.25, -0.2) is 21.5 Å². The van der Waals surface area contributed by atoms with Crippen LogP contribution >= 0.6 is 0 Å². The van der Waals surface area contributed by atoms with Crippen LogP contribution in [0.15, 0.2) is 18.2 Å². The highest BCUT2D eigenvalue weighted by atomic mass is 32.2. The average molecular weight is 304 g/mol. The van der Waals surface area contributed by atoms with Crippen LogP contribution in [0.5, 0.6) is 0 Å². The number of hydrogen-bond acceptors (Lipinski definition) is 3. The molecule has 112 valence electrons. The molecule has 7 heteroatoms. The Morgan fingerprint density at radius 3 is 2.25 bits per heavy atom. The van der Waals surface area contributed by atoms with Crippen molar-refractivity contribution in [3.63, 3.8) is 0 Å². The lowest BCUT2D eigenvalue weighted by molar-refractivity contribution is 0.290. The molecular formula is C13H18F2N2O2S. The first kappa shape index (κ1) is 15.3. The van der Waals surface area contributed by atoms with Crippen LogP contribution in [0.2, 0.25) is 0 Å². The number of halogens is 2. The topological polar surface area (TPSA) is 49.4 Å². The minimum atomic E-state index is -3.12. The third kappa shape index (κ3) is 4.22. The van der Waals surface area contributed by atoms with Gasteiger partial charge in [0.2, 0.25) is 10.0 Å². The fraction of sp³-hybridized carbons (Fsp3) is 0.538. The van der Waals surface area contributed by atoms with Gasteiger partial charge >= 0.3 is 0 Å². The van der Waals surface area contributed by atoms with E-state index < -0.39 is 21.7 Å². The Hall–Kier alpha value is -1.05. The van der Waals surface area contributed by atoms with E-state index in [1.54, 1.807) is 0 Å². The highest BCUT2D eigenvalue weighted by Crippen LogP contribution is 2.14. The number of rotatable bonds is 4. The Labute approximate surface area is 117 Å². The molecule has 0 aromatic heterocycles. The summed E-state index contributed by atoms with van der Waals surface area (Å²) in [6.45, 7) is 1.33. The van der Waals surface area contributed by atoms with E-state index in [9.17, 15) is 17.2 Å². The molecule has 4 nitrogen and oxygen atoms in total. The van der Waals surface area contributed by atoms with Gasteiger partial charge in [0.25, 0.3) is 0 Å². The molecule has 0 saturated carbocycles. The zero-order valence-electron chi connectivity index (χ0n) is 11.3. The number of benzene rings is 1. The molecule has 1 aliphatic rings. The van der Waals surface area contributed by atoms with E-state index >= 15 is 0 Å². The van der Waals surface area contributed by atoms with E-state index in [0.29, 0.717) is 38.0 Å². The van der Waals surface area contributed by atoms with Crippen molar-refractivity contribution in [1.29, 1.82) is 0 Å². The van der Waals surface area contributed by atoms with Gasteiger partial charge in [-0.2, -0.15) is 0 Å². The minimum Gasteiger partial charge on any atom is -0.310 e.